The van der Waals surface area contributed by atoms with Crippen molar-refractivity contribution in [2.24, 2.45) is 5.92 Å². The molecule has 1 aliphatic carbocycles. The van der Waals surface area contributed by atoms with Crippen LogP contribution in [0.5, 0.6) is 5.88 Å². The minimum Gasteiger partial charge on any atom is -0.481 e. The first kappa shape index (κ1) is 22.9. The van der Waals surface area contributed by atoms with Crippen LogP contribution in [0.15, 0.2) is 52.4 Å². The number of benzene rings is 1. The van der Waals surface area contributed by atoms with Gasteiger partial charge >= 0.3 is 0 Å². The van der Waals surface area contributed by atoms with Gasteiger partial charge in [-0.15, -0.1) is 0 Å². The van der Waals surface area contributed by atoms with Crippen LogP contribution in [-0.4, -0.2) is 38.3 Å². The molecule has 1 saturated carbocycles. The molecule has 164 valence electrons. The van der Waals surface area contributed by atoms with Gasteiger partial charge in [0.05, 0.1) is 18.0 Å². The Kier molecular flexibility index (Phi) is 8.02. The van der Waals surface area contributed by atoms with Crippen molar-refractivity contribution in [2.75, 3.05) is 19.0 Å². The molecule has 0 amide bonds. The molecule has 0 aliphatic heterocycles. The van der Waals surface area contributed by atoms with Crippen molar-refractivity contribution in [3.05, 3.63) is 42.5 Å². The van der Waals surface area contributed by atoms with Crippen molar-refractivity contribution in [1.82, 2.24) is 9.71 Å². The summed E-state index contributed by atoms with van der Waals surface area (Å²) in [6, 6.07) is 14.1. The zero-order chi connectivity index (χ0) is 21.6. The fourth-order valence-electron chi connectivity index (χ4n) is 3.46. The van der Waals surface area contributed by atoms with E-state index in [2.05, 4.69) is 27.2 Å². The van der Waals surface area contributed by atoms with Gasteiger partial charge in [-0.1, -0.05) is 30.0 Å². The summed E-state index contributed by atoms with van der Waals surface area (Å²) in [5.74, 6) is 1.11. The monoisotopic (exact) mass is 449 g/mol. The number of methoxy groups -OCH3 is 1. The standard InChI is InChI=1S/C22H31N3O3S2/c1-16(2)30(26,27)25-18-11-9-17(10-12-18)15-23-20-13-14-21(28-3)24-22(20)29-19-7-5-4-6-8-19/h4-8,13-14,16-18,23,25H,9-12,15H2,1-3H3. The van der Waals surface area contributed by atoms with Gasteiger partial charge in [-0.25, -0.2) is 18.1 Å². The average molecular weight is 450 g/mol. The molecule has 1 heterocycles. The van der Waals surface area contributed by atoms with Crippen LogP contribution in [0, 0.1) is 5.92 Å². The smallest absolute Gasteiger partial charge is 0.214 e. The molecule has 3 rings (SSSR count). The third kappa shape index (κ3) is 6.36. The first-order valence-corrected chi connectivity index (χ1v) is 12.8. The van der Waals surface area contributed by atoms with E-state index in [0.29, 0.717) is 11.8 Å². The van der Waals surface area contributed by atoms with E-state index in [9.17, 15) is 8.42 Å². The summed E-state index contributed by atoms with van der Waals surface area (Å²) in [5, 5.41) is 4.06. The molecule has 1 aliphatic rings. The molecule has 1 aromatic carbocycles. The van der Waals surface area contributed by atoms with E-state index in [1.807, 2.05) is 30.3 Å². The molecule has 6 nitrogen and oxygen atoms in total. The number of rotatable bonds is 9. The van der Waals surface area contributed by atoms with Crippen molar-refractivity contribution in [3.8, 4) is 5.88 Å². The Morgan fingerprint density at radius 2 is 1.80 bits per heavy atom. The summed E-state index contributed by atoms with van der Waals surface area (Å²) in [4.78, 5) is 5.74. The van der Waals surface area contributed by atoms with E-state index in [1.165, 1.54) is 0 Å². The number of aromatic nitrogens is 1. The second kappa shape index (κ2) is 10.5. The molecule has 1 aromatic heterocycles. The Labute approximate surface area is 184 Å². The number of anilines is 1. The molecule has 0 atom stereocenters. The molecule has 2 N–H and O–H groups in total. The highest BCUT2D eigenvalue weighted by Crippen LogP contribution is 2.34. The maximum absolute atomic E-state index is 12.1. The van der Waals surface area contributed by atoms with Gasteiger partial charge in [-0.05, 0) is 63.6 Å². The van der Waals surface area contributed by atoms with Crippen molar-refractivity contribution in [2.45, 2.75) is 60.7 Å². The van der Waals surface area contributed by atoms with Crippen LogP contribution in [0.4, 0.5) is 5.69 Å². The number of pyridine rings is 1. The van der Waals surface area contributed by atoms with Crippen LogP contribution in [0.2, 0.25) is 0 Å². The zero-order valence-electron chi connectivity index (χ0n) is 17.8. The molecule has 2 aromatic rings. The van der Waals surface area contributed by atoms with E-state index in [-0.39, 0.29) is 11.3 Å². The fourth-order valence-corrected chi connectivity index (χ4v) is 5.33. The van der Waals surface area contributed by atoms with Gasteiger partial charge in [0.1, 0.15) is 5.03 Å². The number of hydrogen-bond donors (Lipinski definition) is 2. The van der Waals surface area contributed by atoms with E-state index in [4.69, 9.17) is 4.74 Å². The van der Waals surface area contributed by atoms with E-state index in [0.717, 1.165) is 47.8 Å². The van der Waals surface area contributed by atoms with E-state index in [1.54, 1.807) is 32.7 Å². The predicted octanol–water partition coefficient (Wildman–Crippen LogP) is 4.54. The molecule has 0 saturated heterocycles. The Hall–Kier alpha value is -1.77. The van der Waals surface area contributed by atoms with Crippen LogP contribution in [0.3, 0.4) is 0 Å². The SMILES string of the molecule is COc1ccc(NCC2CCC(NS(=O)(=O)C(C)C)CC2)c(Sc2ccccc2)n1. The van der Waals surface area contributed by atoms with Crippen molar-refractivity contribution >= 4 is 27.5 Å². The molecular weight excluding hydrogens is 418 g/mol. The lowest BCUT2D eigenvalue weighted by Crippen LogP contribution is -2.41. The number of hydrogen-bond acceptors (Lipinski definition) is 6. The normalized spacial score (nSPS) is 19.6. The molecule has 1 fully saturated rings. The van der Waals surface area contributed by atoms with Crippen LogP contribution >= 0.6 is 11.8 Å². The van der Waals surface area contributed by atoms with Crippen molar-refractivity contribution in [3.63, 3.8) is 0 Å². The highest BCUT2D eigenvalue weighted by molar-refractivity contribution is 7.99. The second-order valence-corrected chi connectivity index (χ2v) is 11.3. The molecule has 0 radical (unpaired) electrons. The summed E-state index contributed by atoms with van der Waals surface area (Å²) in [5.41, 5.74) is 0.993. The van der Waals surface area contributed by atoms with Gasteiger partial charge in [0.25, 0.3) is 0 Å². The van der Waals surface area contributed by atoms with Crippen molar-refractivity contribution < 1.29 is 13.2 Å². The molecule has 8 heteroatoms. The highest BCUT2D eigenvalue weighted by Gasteiger charge is 2.26. The van der Waals surface area contributed by atoms with Gasteiger partial charge < -0.3 is 10.1 Å². The average Bonchev–Trinajstić information content (AvgIpc) is 2.74. The van der Waals surface area contributed by atoms with Gasteiger partial charge in [-0.3, -0.25) is 0 Å². The lowest BCUT2D eigenvalue weighted by molar-refractivity contribution is 0.323. The third-order valence-electron chi connectivity index (χ3n) is 5.38. The summed E-state index contributed by atoms with van der Waals surface area (Å²) < 4.78 is 32.3. The summed E-state index contributed by atoms with van der Waals surface area (Å²) in [7, 11) is -1.58. The lowest BCUT2D eigenvalue weighted by atomic mass is 9.86. The Morgan fingerprint density at radius 3 is 2.43 bits per heavy atom. The molecular formula is C22H31N3O3S2. The topological polar surface area (TPSA) is 80.3 Å². The summed E-state index contributed by atoms with van der Waals surface area (Å²) in [6.45, 7) is 4.28. The van der Waals surface area contributed by atoms with Crippen LogP contribution in [0.25, 0.3) is 0 Å². The lowest BCUT2D eigenvalue weighted by Gasteiger charge is -2.30. The molecule has 0 unspecified atom stereocenters. The van der Waals surface area contributed by atoms with Crippen molar-refractivity contribution in [1.29, 1.82) is 0 Å². The number of ether oxygens (including phenoxy) is 1. The third-order valence-corrected chi connectivity index (χ3v) is 8.30. The molecule has 30 heavy (non-hydrogen) atoms. The van der Waals surface area contributed by atoms with E-state index >= 15 is 0 Å². The van der Waals surface area contributed by atoms with Crippen LogP contribution in [-0.2, 0) is 10.0 Å². The first-order valence-electron chi connectivity index (χ1n) is 10.4. The van der Waals surface area contributed by atoms with Gasteiger partial charge in [-0.2, -0.15) is 0 Å². The Bertz CT molecular complexity index is 912. The van der Waals surface area contributed by atoms with Gasteiger partial charge in [0.2, 0.25) is 15.9 Å². The minimum absolute atomic E-state index is 0.0560. The van der Waals surface area contributed by atoms with Gasteiger partial charge in [0, 0.05) is 23.5 Å². The quantitative estimate of drug-likeness (QED) is 0.585. The minimum atomic E-state index is -3.20. The number of nitrogens with one attached hydrogen (secondary N) is 2. The number of sulfonamides is 1. The van der Waals surface area contributed by atoms with Crippen LogP contribution in [0.1, 0.15) is 39.5 Å². The highest BCUT2D eigenvalue weighted by atomic mass is 32.2. The maximum atomic E-state index is 12.1. The fraction of sp³-hybridized carbons (Fsp3) is 0.500. The van der Waals surface area contributed by atoms with Crippen LogP contribution < -0.4 is 14.8 Å². The zero-order valence-corrected chi connectivity index (χ0v) is 19.4. The molecule has 0 spiro atoms. The second-order valence-electron chi connectivity index (χ2n) is 7.93. The first-order chi connectivity index (χ1) is 14.4. The molecule has 0 bridgehead atoms. The number of nitrogens with zero attached hydrogens (tertiary/aromatic N) is 1. The largest absolute Gasteiger partial charge is 0.481 e. The Balaban J connectivity index is 1.57. The summed E-state index contributed by atoms with van der Waals surface area (Å²) >= 11 is 1.61. The van der Waals surface area contributed by atoms with Gasteiger partial charge in [0.15, 0.2) is 0 Å². The maximum Gasteiger partial charge on any atom is 0.214 e. The predicted molar refractivity (Wildman–Crippen MR) is 123 cm³/mol. The summed E-state index contributed by atoms with van der Waals surface area (Å²) in [6.07, 6.45) is 3.77. The Morgan fingerprint density at radius 1 is 1.10 bits per heavy atom. The van der Waals surface area contributed by atoms with E-state index < -0.39 is 10.0 Å².